The summed E-state index contributed by atoms with van der Waals surface area (Å²) in [5, 5.41) is 20.7. The molecule has 4 aromatic rings. The molecule has 2 aromatic carbocycles. The molecule has 2 N–H and O–H groups in total. The smallest absolute Gasteiger partial charge is 0.0832 e. The van der Waals surface area contributed by atoms with E-state index in [0.29, 0.717) is 6.42 Å². The van der Waals surface area contributed by atoms with Gasteiger partial charge in [0, 0.05) is 30.4 Å². The molecule has 0 amide bonds. The van der Waals surface area contributed by atoms with E-state index in [1.165, 1.54) is 0 Å². The number of benzene rings is 2. The van der Waals surface area contributed by atoms with Gasteiger partial charge in [-0.15, -0.1) is 5.10 Å². The highest BCUT2D eigenvalue weighted by Gasteiger charge is 2.04. The van der Waals surface area contributed by atoms with Crippen LogP contribution in [0.2, 0.25) is 0 Å². The molecule has 0 spiro atoms. The highest BCUT2D eigenvalue weighted by Crippen LogP contribution is 2.20. The van der Waals surface area contributed by atoms with Crippen LogP contribution in [0.3, 0.4) is 0 Å². The highest BCUT2D eigenvalue weighted by atomic mass is 16.2. The van der Waals surface area contributed by atoms with Gasteiger partial charge in [0.2, 0.25) is 0 Å². The minimum absolute atomic E-state index is 0.157. The molecule has 150 valence electrons. The van der Waals surface area contributed by atoms with Crippen molar-refractivity contribution in [1.29, 1.82) is 0 Å². The summed E-state index contributed by atoms with van der Waals surface area (Å²) in [7, 11) is 0. The summed E-state index contributed by atoms with van der Waals surface area (Å²) in [6.07, 6.45) is 11.0. The molecule has 2 aromatic heterocycles. The normalized spacial score (nSPS) is 11.1. The number of aliphatic hydroxyl groups is 1. The average molecular weight is 397 g/mol. The van der Waals surface area contributed by atoms with E-state index in [1.807, 2.05) is 42.6 Å². The van der Waals surface area contributed by atoms with Crippen LogP contribution in [0.4, 0.5) is 11.4 Å². The predicted octanol–water partition coefficient (Wildman–Crippen LogP) is 4.50. The second-order valence-corrected chi connectivity index (χ2v) is 6.89. The van der Waals surface area contributed by atoms with E-state index >= 15 is 0 Å². The van der Waals surface area contributed by atoms with Gasteiger partial charge in [-0.1, -0.05) is 35.6 Å². The molecule has 4 rings (SSSR count). The Morgan fingerprint density at radius 1 is 0.900 bits per heavy atom. The largest absolute Gasteiger partial charge is 0.396 e. The number of rotatable bonds is 8. The fraction of sp³-hybridized carbons (Fsp3) is 0.125. The van der Waals surface area contributed by atoms with Gasteiger partial charge in [0.1, 0.15) is 0 Å². The average Bonchev–Trinajstić information content (AvgIpc) is 3.27. The lowest BCUT2D eigenvalue weighted by atomic mass is 10.1. The molecule has 0 saturated heterocycles. The Hall–Kier alpha value is -3.77. The third-order valence-electron chi connectivity index (χ3n) is 4.62. The SMILES string of the molecule is OCCCc1cn(-c2cccc(Nc3ccc(/C=C/c4ccncc4)cc3)c2)nn1. The predicted molar refractivity (Wildman–Crippen MR) is 120 cm³/mol. The van der Waals surface area contributed by atoms with Crippen LogP contribution >= 0.6 is 0 Å². The van der Waals surface area contributed by atoms with Crippen molar-refractivity contribution < 1.29 is 5.11 Å². The third kappa shape index (κ3) is 5.18. The van der Waals surface area contributed by atoms with Crippen molar-refractivity contribution in [2.75, 3.05) is 11.9 Å². The summed E-state index contributed by atoms with van der Waals surface area (Å²) in [6.45, 7) is 0.157. The zero-order valence-corrected chi connectivity index (χ0v) is 16.5. The Morgan fingerprint density at radius 3 is 2.43 bits per heavy atom. The van der Waals surface area contributed by atoms with Crippen molar-refractivity contribution in [2.45, 2.75) is 12.8 Å². The van der Waals surface area contributed by atoms with Gasteiger partial charge in [0.25, 0.3) is 0 Å². The molecule has 0 radical (unpaired) electrons. The number of nitrogens with zero attached hydrogens (tertiary/aromatic N) is 4. The Labute approximate surface area is 175 Å². The number of aromatic nitrogens is 4. The first kappa shape index (κ1) is 19.5. The van der Waals surface area contributed by atoms with Crippen LogP contribution in [0.15, 0.2) is 79.3 Å². The fourth-order valence-electron chi connectivity index (χ4n) is 3.04. The second-order valence-electron chi connectivity index (χ2n) is 6.89. The Balaban J connectivity index is 1.42. The van der Waals surface area contributed by atoms with Crippen molar-refractivity contribution in [3.05, 3.63) is 96.1 Å². The van der Waals surface area contributed by atoms with E-state index in [9.17, 15) is 0 Å². The molecule has 6 nitrogen and oxygen atoms in total. The molecule has 0 unspecified atom stereocenters. The lowest BCUT2D eigenvalue weighted by Gasteiger charge is -2.08. The molecule has 0 aliphatic carbocycles. The van der Waals surface area contributed by atoms with E-state index in [-0.39, 0.29) is 6.61 Å². The van der Waals surface area contributed by atoms with Crippen molar-refractivity contribution >= 4 is 23.5 Å². The fourth-order valence-corrected chi connectivity index (χ4v) is 3.04. The topological polar surface area (TPSA) is 75.9 Å². The van der Waals surface area contributed by atoms with E-state index in [0.717, 1.165) is 40.3 Å². The van der Waals surface area contributed by atoms with Crippen LogP contribution < -0.4 is 5.32 Å². The first-order valence-corrected chi connectivity index (χ1v) is 9.88. The van der Waals surface area contributed by atoms with Crippen molar-refractivity contribution in [3.63, 3.8) is 0 Å². The number of aryl methyl sites for hydroxylation is 1. The van der Waals surface area contributed by atoms with Crippen LogP contribution in [-0.4, -0.2) is 31.7 Å². The summed E-state index contributed by atoms with van der Waals surface area (Å²) in [4.78, 5) is 4.03. The van der Waals surface area contributed by atoms with Crippen LogP contribution in [0.5, 0.6) is 0 Å². The van der Waals surface area contributed by atoms with Gasteiger partial charge in [0.05, 0.1) is 17.6 Å². The first-order valence-electron chi connectivity index (χ1n) is 9.88. The van der Waals surface area contributed by atoms with E-state index in [2.05, 4.69) is 57.0 Å². The van der Waals surface area contributed by atoms with Gasteiger partial charge in [-0.25, -0.2) is 4.68 Å². The standard InChI is InChI=1S/C24H23N5O/c30-16-2-4-23-18-29(28-27-23)24-5-1-3-22(17-24)26-21-10-8-19(9-11-21)6-7-20-12-14-25-15-13-20/h1,3,5-15,17-18,26,30H,2,4,16H2/b7-6+. The lowest BCUT2D eigenvalue weighted by molar-refractivity contribution is 0.288. The molecule has 0 bridgehead atoms. The molecule has 6 heteroatoms. The molecule has 0 saturated carbocycles. The quantitative estimate of drug-likeness (QED) is 0.458. The second kappa shape index (κ2) is 9.62. The number of anilines is 2. The maximum absolute atomic E-state index is 8.96. The summed E-state index contributed by atoms with van der Waals surface area (Å²) in [6, 6.07) is 20.2. The van der Waals surface area contributed by atoms with Crippen LogP contribution in [0.25, 0.3) is 17.8 Å². The van der Waals surface area contributed by atoms with Gasteiger partial charge in [0.15, 0.2) is 0 Å². The molecule has 0 fully saturated rings. The summed E-state index contributed by atoms with van der Waals surface area (Å²) < 4.78 is 1.75. The molecule has 2 heterocycles. The zero-order chi connectivity index (χ0) is 20.6. The first-order chi connectivity index (χ1) is 14.8. The monoisotopic (exact) mass is 397 g/mol. The minimum atomic E-state index is 0.157. The number of pyridine rings is 1. The van der Waals surface area contributed by atoms with E-state index in [4.69, 9.17) is 5.11 Å². The van der Waals surface area contributed by atoms with Crippen LogP contribution in [0, 0.1) is 0 Å². The van der Waals surface area contributed by atoms with Gasteiger partial charge in [-0.05, 0) is 66.4 Å². The summed E-state index contributed by atoms with van der Waals surface area (Å²) in [5.41, 5.74) is 6.04. The van der Waals surface area contributed by atoms with Crippen molar-refractivity contribution in [2.24, 2.45) is 0 Å². The molecular weight excluding hydrogens is 374 g/mol. The third-order valence-corrected chi connectivity index (χ3v) is 4.62. The van der Waals surface area contributed by atoms with Gasteiger partial charge in [-0.3, -0.25) is 4.98 Å². The minimum Gasteiger partial charge on any atom is -0.396 e. The van der Waals surface area contributed by atoms with E-state index in [1.54, 1.807) is 17.1 Å². The number of aliphatic hydroxyl groups excluding tert-OH is 1. The molecular formula is C24H23N5O. The van der Waals surface area contributed by atoms with Crippen LogP contribution in [0.1, 0.15) is 23.2 Å². The van der Waals surface area contributed by atoms with Crippen LogP contribution in [-0.2, 0) is 6.42 Å². The summed E-state index contributed by atoms with van der Waals surface area (Å²) >= 11 is 0. The maximum atomic E-state index is 8.96. The van der Waals surface area contributed by atoms with Crippen molar-refractivity contribution in [1.82, 2.24) is 20.0 Å². The number of hydrogen-bond acceptors (Lipinski definition) is 5. The number of hydrogen-bond donors (Lipinski definition) is 2. The number of nitrogens with one attached hydrogen (secondary N) is 1. The Morgan fingerprint density at radius 2 is 1.67 bits per heavy atom. The highest BCUT2D eigenvalue weighted by molar-refractivity contribution is 5.71. The molecule has 0 aliphatic heterocycles. The Bertz CT molecular complexity index is 1100. The van der Waals surface area contributed by atoms with Crippen molar-refractivity contribution in [3.8, 4) is 5.69 Å². The van der Waals surface area contributed by atoms with E-state index < -0.39 is 0 Å². The molecule has 0 aliphatic rings. The Kier molecular flexibility index (Phi) is 6.27. The maximum Gasteiger partial charge on any atom is 0.0832 e. The molecule has 0 atom stereocenters. The zero-order valence-electron chi connectivity index (χ0n) is 16.5. The van der Waals surface area contributed by atoms with Gasteiger partial charge < -0.3 is 10.4 Å². The summed E-state index contributed by atoms with van der Waals surface area (Å²) in [5.74, 6) is 0. The van der Waals surface area contributed by atoms with Gasteiger partial charge >= 0.3 is 0 Å². The lowest BCUT2D eigenvalue weighted by Crippen LogP contribution is -1.97. The van der Waals surface area contributed by atoms with Gasteiger partial charge in [-0.2, -0.15) is 0 Å². The molecule has 30 heavy (non-hydrogen) atoms.